The first-order chi connectivity index (χ1) is 18.0. The van der Waals surface area contributed by atoms with Crippen LogP contribution in [0.2, 0.25) is 0 Å². The fourth-order valence-electron chi connectivity index (χ4n) is 4.06. The van der Waals surface area contributed by atoms with Crippen molar-refractivity contribution in [2.75, 3.05) is 10.6 Å². The minimum Gasteiger partial charge on any atom is -0.508 e. The summed E-state index contributed by atoms with van der Waals surface area (Å²) < 4.78 is 1.77. The summed E-state index contributed by atoms with van der Waals surface area (Å²) in [6.45, 7) is 7.01. The summed E-state index contributed by atoms with van der Waals surface area (Å²) in [7, 11) is 0. The van der Waals surface area contributed by atoms with Gasteiger partial charge in [-0.15, -0.1) is 0 Å². The van der Waals surface area contributed by atoms with E-state index in [4.69, 9.17) is 4.98 Å². The van der Waals surface area contributed by atoms with E-state index in [9.17, 15) is 10.2 Å². The van der Waals surface area contributed by atoms with Gasteiger partial charge in [-0.2, -0.15) is 9.61 Å². The standard InChI is InChI=1S/C29H28N6O2/c1-19-16-32-35-28(15-25(34-29(19)35)24-11-4-6-13-27(24)37)31-17-21-8-7-10-23(14-21)33-20(2)30-18-22-9-3-5-12-26(22)36/h3-16,30-31,33,36-37H,2,17-18H2,1H3. The molecule has 0 radical (unpaired) electrons. The number of aromatic nitrogens is 3. The van der Waals surface area contributed by atoms with Crippen LogP contribution in [0.15, 0.2) is 97.5 Å². The van der Waals surface area contributed by atoms with Crippen molar-refractivity contribution in [1.29, 1.82) is 0 Å². The molecule has 8 heteroatoms. The molecule has 0 spiro atoms. The number of phenols is 2. The number of aryl methyl sites for hydroxylation is 1. The number of anilines is 2. The van der Waals surface area contributed by atoms with Crippen LogP contribution in [0.3, 0.4) is 0 Å². The van der Waals surface area contributed by atoms with E-state index in [-0.39, 0.29) is 11.5 Å². The minimum atomic E-state index is 0.178. The van der Waals surface area contributed by atoms with E-state index in [2.05, 4.69) is 27.6 Å². The van der Waals surface area contributed by atoms with Crippen molar-refractivity contribution in [2.24, 2.45) is 0 Å². The maximum atomic E-state index is 10.4. The van der Waals surface area contributed by atoms with E-state index in [0.717, 1.165) is 33.8 Å². The molecule has 0 amide bonds. The van der Waals surface area contributed by atoms with Crippen LogP contribution >= 0.6 is 0 Å². The molecule has 0 unspecified atom stereocenters. The molecule has 0 fully saturated rings. The Morgan fingerprint density at radius 1 is 0.919 bits per heavy atom. The maximum Gasteiger partial charge on any atom is 0.160 e. The zero-order valence-electron chi connectivity index (χ0n) is 20.4. The molecule has 2 aromatic heterocycles. The Balaban J connectivity index is 1.30. The van der Waals surface area contributed by atoms with Crippen molar-refractivity contribution in [2.45, 2.75) is 20.0 Å². The largest absolute Gasteiger partial charge is 0.508 e. The van der Waals surface area contributed by atoms with Crippen LogP contribution in [0.25, 0.3) is 16.9 Å². The summed E-state index contributed by atoms with van der Waals surface area (Å²) in [6, 6.07) is 24.3. The summed E-state index contributed by atoms with van der Waals surface area (Å²) in [5, 5.41) is 34.7. The lowest BCUT2D eigenvalue weighted by Crippen LogP contribution is -2.18. The second kappa shape index (κ2) is 10.3. The van der Waals surface area contributed by atoms with Crippen LogP contribution in [0.1, 0.15) is 16.7 Å². The molecule has 0 saturated carbocycles. The van der Waals surface area contributed by atoms with Gasteiger partial charge >= 0.3 is 0 Å². The van der Waals surface area contributed by atoms with Gasteiger partial charge in [-0.05, 0) is 42.8 Å². The molecule has 3 aromatic carbocycles. The van der Waals surface area contributed by atoms with Gasteiger partial charge in [0, 0.05) is 41.5 Å². The Bertz CT molecular complexity index is 1580. The minimum absolute atomic E-state index is 0.178. The van der Waals surface area contributed by atoms with Gasteiger partial charge < -0.3 is 26.2 Å². The molecule has 186 valence electrons. The number of fused-ring (bicyclic) bond motifs is 1. The van der Waals surface area contributed by atoms with Gasteiger partial charge in [0.05, 0.1) is 17.7 Å². The van der Waals surface area contributed by atoms with E-state index >= 15 is 0 Å². The maximum absolute atomic E-state index is 10.4. The summed E-state index contributed by atoms with van der Waals surface area (Å²) in [6.07, 6.45) is 1.78. The fourth-order valence-corrected chi connectivity index (χ4v) is 4.06. The third kappa shape index (κ3) is 5.33. The first-order valence-corrected chi connectivity index (χ1v) is 11.9. The van der Waals surface area contributed by atoms with E-state index in [1.54, 1.807) is 35.0 Å². The molecule has 5 aromatic rings. The number of phenolic OH excluding ortho intramolecular Hbond substituents is 2. The first-order valence-electron chi connectivity index (χ1n) is 11.9. The molecule has 0 aliphatic heterocycles. The Labute approximate surface area is 215 Å². The number of aromatic hydroxyl groups is 2. The van der Waals surface area contributed by atoms with Crippen molar-refractivity contribution in [3.8, 4) is 22.8 Å². The molecular weight excluding hydrogens is 464 g/mol. The molecule has 8 nitrogen and oxygen atoms in total. The Morgan fingerprint density at radius 2 is 1.70 bits per heavy atom. The Hall–Kier alpha value is -4.98. The van der Waals surface area contributed by atoms with Crippen molar-refractivity contribution in [1.82, 2.24) is 19.9 Å². The third-order valence-electron chi connectivity index (χ3n) is 6.01. The average Bonchev–Trinajstić information content (AvgIpc) is 3.28. The lowest BCUT2D eigenvalue weighted by atomic mass is 10.1. The molecule has 37 heavy (non-hydrogen) atoms. The number of hydrogen-bond donors (Lipinski definition) is 5. The first kappa shape index (κ1) is 23.7. The molecule has 5 N–H and O–H groups in total. The predicted molar refractivity (Wildman–Crippen MR) is 146 cm³/mol. The van der Waals surface area contributed by atoms with Gasteiger partial charge in [0.15, 0.2) is 5.65 Å². The normalized spacial score (nSPS) is 10.8. The van der Waals surface area contributed by atoms with Gasteiger partial charge in [-0.3, -0.25) is 0 Å². The van der Waals surface area contributed by atoms with Crippen molar-refractivity contribution in [3.63, 3.8) is 0 Å². The van der Waals surface area contributed by atoms with Crippen LogP contribution in [0, 0.1) is 6.92 Å². The number of para-hydroxylation sites is 2. The number of hydrogen-bond acceptors (Lipinski definition) is 7. The molecule has 2 heterocycles. The smallest absolute Gasteiger partial charge is 0.160 e. The second-order valence-corrected chi connectivity index (χ2v) is 8.75. The summed E-state index contributed by atoms with van der Waals surface area (Å²) in [4.78, 5) is 4.73. The molecule has 0 aliphatic carbocycles. The van der Waals surface area contributed by atoms with Gasteiger partial charge in [0.2, 0.25) is 0 Å². The molecule has 0 atom stereocenters. The Morgan fingerprint density at radius 3 is 2.51 bits per heavy atom. The molecule has 0 bridgehead atoms. The van der Waals surface area contributed by atoms with Crippen LogP contribution in [0.5, 0.6) is 11.5 Å². The average molecular weight is 493 g/mol. The van der Waals surface area contributed by atoms with Crippen molar-refractivity contribution < 1.29 is 10.2 Å². The highest BCUT2D eigenvalue weighted by atomic mass is 16.3. The number of nitrogens with zero attached hydrogens (tertiary/aromatic N) is 3. The van der Waals surface area contributed by atoms with Crippen LogP contribution < -0.4 is 16.0 Å². The van der Waals surface area contributed by atoms with Gasteiger partial charge in [0.1, 0.15) is 17.3 Å². The monoisotopic (exact) mass is 492 g/mol. The van der Waals surface area contributed by atoms with E-state index in [1.807, 2.05) is 61.5 Å². The molecule has 0 saturated heterocycles. The van der Waals surface area contributed by atoms with Gasteiger partial charge in [-0.25, -0.2) is 4.98 Å². The number of rotatable bonds is 9. The SMILES string of the molecule is C=C(NCc1ccccc1O)Nc1cccc(CNc2cc(-c3ccccc3O)nc3c(C)cnn23)c1. The highest BCUT2D eigenvalue weighted by Gasteiger charge is 2.13. The zero-order valence-corrected chi connectivity index (χ0v) is 20.4. The summed E-state index contributed by atoms with van der Waals surface area (Å²) in [5.74, 6) is 1.82. The Kier molecular flexibility index (Phi) is 6.63. The van der Waals surface area contributed by atoms with Crippen molar-refractivity contribution in [3.05, 3.63) is 114 Å². The number of nitrogens with one attached hydrogen (secondary N) is 3. The highest BCUT2D eigenvalue weighted by Crippen LogP contribution is 2.30. The third-order valence-corrected chi connectivity index (χ3v) is 6.01. The second-order valence-electron chi connectivity index (χ2n) is 8.75. The lowest BCUT2D eigenvalue weighted by Gasteiger charge is -2.15. The van der Waals surface area contributed by atoms with E-state index in [0.29, 0.717) is 30.2 Å². The summed E-state index contributed by atoms with van der Waals surface area (Å²) in [5.41, 5.74) is 5.74. The molecule has 0 aliphatic rings. The quantitative estimate of drug-likeness (QED) is 0.188. The van der Waals surface area contributed by atoms with Crippen molar-refractivity contribution >= 4 is 17.2 Å². The predicted octanol–water partition coefficient (Wildman–Crippen LogP) is 5.40. The summed E-state index contributed by atoms with van der Waals surface area (Å²) >= 11 is 0. The highest BCUT2D eigenvalue weighted by molar-refractivity contribution is 5.72. The van der Waals surface area contributed by atoms with E-state index < -0.39 is 0 Å². The molecule has 5 rings (SSSR count). The van der Waals surface area contributed by atoms with Gasteiger partial charge in [0.25, 0.3) is 0 Å². The lowest BCUT2D eigenvalue weighted by molar-refractivity contribution is 0.466. The van der Waals surface area contributed by atoms with Crippen LogP contribution in [0.4, 0.5) is 11.5 Å². The molecular formula is C29H28N6O2. The zero-order chi connectivity index (χ0) is 25.8. The van der Waals surface area contributed by atoms with Crippen LogP contribution in [-0.2, 0) is 13.1 Å². The van der Waals surface area contributed by atoms with Gasteiger partial charge in [-0.1, -0.05) is 49.0 Å². The van der Waals surface area contributed by atoms with Crippen LogP contribution in [-0.4, -0.2) is 24.8 Å². The topological polar surface area (TPSA) is 107 Å². The number of benzene rings is 3. The fraction of sp³-hybridized carbons (Fsp3) is 0.103. The van der Waals surface area contributed by atoms with E-state index in [1.165, 1.54) is 0 Å².